The minimum Gasteiger partial charge on any atom is -0.479 e. The van der Waals surface area contributed by atoms with Gasteiger partial charge in [0.05, 0.1) is 12.3 Å². The van der Waals surface area contributed by atoms with Crippen LogP contribution in [-0.4, -0.2) is 20.8 Å². The maximum absolute atomic E-state index is 9.97. The molecule has 0 amide bonds. The Kier molecular flexibility index (Phi) is 4.39. The van der Waals surface area contributed by atoms with Crippen LogP contribution >= 0.6 is 11.6 Å². The van der Waals surface area contributed by atoms with Gasteiger partial charge in [-0.3, -0.25) is 9.98 Å². The third kappa shape index (κ3) is 3.57. The molecule has 3 rings (SSSR count). The summed E-state index contributed by atoms with van der Waals surface area (Å²) in [4.78, 5) is 12.8. The van der Waals surface area contributed by atoms with Crippen LogP contribution in [-0.2, 0) is 6.54 Å². The molecule has 0 saturated heterocycles. The molecule has 0 fully saturated rings. The highest BCUT2D eigenvalue weighted by molar-refractivity contribution is 6.30. The average molecular weight is 328 g/mol. The van der Waals surface area contributed by atoms with E-state index in [1.165, 1.54) is 0 Å². The zero-order chi connectivity index (χ0) is 16.2. The Hall–Kier alpha value is -2.66. The van der Waals surface area contributed by atoms with Crippen molar-refractivity contribution in [2.24, 2.45) is 4.99 Å². The van der Waals surface area contributed by atoms with Gasteiger partial charge in [-0.2, -0.15) is 0 Å². The molecule has 0 spiro atoms. The Labute approximate surface area is 138 Å². The standard InChI is InChI=1S/C17H14ClN3O2/c1-11(20-10-12-3-2-8-19-9-12)15-17(22)23-16(21-15)13-4-6-14(18)7-5-13/h2-9,22H,10H2,1H3. The quantitative estimate of drug-likeness (QED) is 0.732. The fourth-order valence-electron chi connectivity index (χ4n) is 2.04. The Balaban J connectivity index is 1.84. The van der Waals surface area contributed by atoms with E-state index in [4.69, 9.17) is 16.0 Å². The van der Waals surface area contributed by atoms with Gasteiger partial charge in [0.1, 0.15) is 0 Å². The van der Waals surface area contributed by atoms with Crippen LogP contribution in [0, 0.1) is 0 Å². The molecule has 0 aliphatic heterocycles. The van der Waals surface area contributed by atoms with E-state index >= 15 is 0 Å². The number of aliphatic imine (C=N–C) groups is 1. The monoisotopic (exact) mass is 327 g/mol. The predicted molar refractivity (Wildman–Crippen MR) is 88.8 cm³/mol. The summed E-state index contributed by atoms with van der Waals surface area (Å²) in [5, 5.41) is 10.6. The van der Waals surface area contributed by atoms with Gasteiger partial charge in [0, 0.05) is 23.0 Å². The lowest BCUT2D eigenvalue weighted by Crippen LogP contribution is -1.97. The van der Waals surface area contributed by atoms with E-state index in [0.29, 0.717) is 28.9 Å². The van der Waals surface area contributed by atoms with Crippen LogP contribution in [0.15, 0.2) is 58.2 Å². The molecule has 0 atom stereocenters. The Morgan fingerprint density at radius 3 is 2.74 bits per heavy atom. The second-order valence-electron chi connectivity index (χ2n) is 4.94. The highest BCUT2D eigenvalue weighted by Gasteiger charge is 2.16. The summed E-state index contributed by atoms with van der Waals surface area (Å²) in [6.07, 6.45) is 3.46. The Morgan fingerprint density at radius 2 is 2.04 bits per heavy atom. The van der Waals surface area contributed by atoms with Crippen LogP contribution in [0.25, 0.3) is 11.5 Å². The molecule has 0 aliphatic rings. The van der Waals surface area contributed by atoms with Crippen molar-refractivity contribution in [1.82, 2.24) is 9.97 Å². The number of aromatic hydroxyl groups is 1. The van der Waals surface area contributed by atoms with Crippen molar-refractivity contribution >= 4 is 17.3 Å². The summed E-state index contributed by atoms with van der Waals surface area (Å²) in [5.74, 6) is 0.0764. The van der Waals surface area contributed by atoms with E-state index in [9.17, 15) is 5.11 Å². The largest absolute Gasteiger partial charge is 0.479 e. The van der Waals surface area contributed by atoms with Gasteiger partial charge in [-0.05, 0) is 42.8 Å². The summed E-state index contributed by atoms with van der Waals surface area (Å²) in [5.41, 5.74) is 2.64. The van der Waals surface area contributed by atoms with Crippen LogP contribution in [0.2, 0.25) is 5.02 Å². The first-order valence-corrected chi connectivity index (χ1v) is 7.37. The lowest BCUT2D eigenvalue weighted by Gasteiger charge is -1.97. The zero-order valence-corrected chi connectivity index (χ0v) is 13.2. The third-order valence-corrected chi connectivity index (χ3v) is 3.52. The topological polar surface area (TPSA) is 71.5 Å². The molecule has 3 aromatic rings. The maximum Gasteiger partial charge on any atom is 0.312 e. The molecule has 116 valence electrons. The van der Waals surface area contributed by atoms with Gasteiger partial charge < -0.3 is 9.52 Å². The number of aromatic nitrogens is 2. The SMILES string of the molecule is CC(=NCc1cccnc1)c1nc(-c2ccc(Cl)cc2)oc1O. The molecule has 23 heavy (non-hydrogen) atoms. The molecule has 0 aliphatic carbocycles. The maximum atomic E-state index is 9.97. The van der Waals surface area contributed by atoms with Crippen LogP contribution in [0.3, 0.4) is 0 Å². The first-order valence-electron chi connectivity index (χ1n) is 6.99. The minimum absolute atomic E-state index is 0.248. The fourth-order valence-corrected chi connectivity index (χ4v) is 2.17. The highest BCUT2D eigenvalue weighted by atomic mass is 35.5. The Morgan fingerprint density at radius 1 is 1.26 bits per heavy atom. The van der Waals surface area contributed by atoms with Crippen LogP contribution in [0.4, 0.5) is 0 Å². The summed E-state index contributed by atoms with van der Waals surface area (Å²) in [6.45, 7) is 2.24. The minimum atomic E-state index is -0.248. The Bertz CT molecular complexity index is 827. The first-order chi connectivity index (χ1) is 11.1. The summed E-state index contributed by atoms with van der Waals surface area (Å²) >= 11 is 5.86. The zero-order valence-electron chi connectivity index (χ0n) is 12.4. The molecule has 5 nitrogen and oxygen atoms in total. The summed E-state index contributed by atoms with van der Waals surface area (Å²) < 4.78 is 5.32. The van der Waals surface area contributed by atoms with Crippen molar-refractivity contribution in [3.8, 4) is 17.4 Å². The molecule has 1 aromatic carbocycles. The third-order valence-electron chi connectivity index (χ3n) is 3.26. The van der Waals surface area contributed by atoms with E-state index in [0.717, 1.165) is 11.1 Å². The number of rotatable bonds is 4. The van der Waals surface area contributed by atoms with Gasteiger partial charge >= 0.3 is 5.95 Å². The van der Waals surface area contributed by atoms with E-state index in [-0.39, 0.29) is 5.95 Å². The molecular formula is C17H14ClN3O2. The van der Waals surface area contributed by atoms with E-state index in [1.807, 2.05) is 12.1 Å². The molecular weight excluding hydrogens is 314 g/mol. The molecule has 2 heterocycles. The number of pyridine rings is 1. The molecule has 6 heteroatoms. The van der Waals surface area contributed by atoms with Gasteiger partial charge in [0.15, 0.2) is 5.69 Å². The van der Waals surface area contributed by atoms with E-state index < -0.39 is 0 Å². The first kappa shape index (κ1) is 15.2. The fraction of sp³-hybridized carbons (Fsp3) is 0.118. The number of hydrogen-bond acceptors (Lipinski definition) is 5. The van der Waals surface area contributed by atoms with Gasteiger partial charge in [-0.1, -0.05) is 17.7 Å². The number of oxazole rings is 1. The number of benzene rings is 1. The summed E-state index contributed by atoms with van der Waals surface area (Å²) in [7, 11) is 0. The van der Waals surface area contributed by atoms with Gasteiger partial charge in [0.25, 0.3) is 0 Å². The van der Waals surface area contributed by atoms with Crippen LogP contribution in [0.1, 0.15) is 18.2 Å². The second kappa shape index (κ2) is 6.62. The number of nitrogens with zero attached hydrogens (tertiary/aromatic N) is 3. The van der Waals surface area contributed by atoms with Crippen molar-refractivity contribution in [3.05, 3.63) is 65.1 Å². The van der Waals surface area contributed by atoms with Gasteiger partial charge in [0.2, 0.25) is 5.89 Å². The van der Waals surface area contributed by atoms with Crippen molar-refractivity contribution < 1.29 is 9.52 Å². The van der Waals surface area contributed by atoms with Crippen LogP contribution in [0.5, 0.6) is 5.95 Å². The molecule has 0 radical (unpaired) electrons. The lowest BCUT2D eigenvalue weighted by atomic mass is 10.2. The van der Waals surface area contributed by atoms with E-state index in [2.05, 4.69) is 15.0 Å². The number of hydrogen-bond donors (Lipinski definition) is 1. The summed E-state index contributed by atoms with van der Waals surface area (Å²) in [6, 6.07) is 10.8. The molecule has 2 aromatic heterocycles. The second-order valence-corrected chi connectivity index (χ2v) is 5.38. The highest BCUT2D eigenvalue weighted by Crippen LogP contribution is 2.27. The predicted octanol–water partition coefficient (Wildman–Crippen LogP) is 4.10. The molecule has 0 unspecified atom stereocenters. The van der Waals surface area contributed by atoms with Crippen molar-refractivity contribution in [2.45, 2.75) is 13.5 Å². The van der Waals surface area contributed by atoms with Crippen molar-refractivity contribution in [3.63, 3.8) is 0 Å². The smallest absolute Gasteiger partial charge is 0.312 e. The van der Waals surface area contributed by atoms with Crippen molar-refractivity contribution in [1.29, 1.82) is 0 Å². The average Bonchev–Trinajstić information content (AvgIpc) is 2.96. The van der Waals surface area contributed by atoms with Gasteiger partial charge in [-0.25, -0.2) is 4.98 Å². The number of halogens is 1. The van der Waals surface area contributed by atoms with E-state index in [1.54, 1.807) is 43.6 Å². The van der Waals surface area contributed by atoms with Crippen molar-refractivity contribution in [2.75, 3.05) is 0 Å². The van der Waals surface area contributed by atoms with Crippen LogP contribution < -0.4 is 0 Å². The molecule has 1 N–H and O–H groups in total. The van der Waals surface area contributed by atoms with Gasteiger partial charge in [-0.15, -0.1) is 0 Å². The normalized spacial score (nSPS) is 11.7. The lowest BCUT2D eigenvalue weighted by molar-refractivity contribution is 0.336. The molecule has 0 saturated carbocycles. The molecule has 0 bridgehead atoms.